The summed E-state index contributed by atoms with van der Waals surface area (Å²) < 4.78 is 24.7. The first-order valence-corrected chi connectivity index (χ1v) is 6.86. The van der Waals surface area contributed by atoms with Crippen LogP contribution >= 0.6 is 0 Å². The lowest BCUT2D eigenvalue weighted by atomic mass is 10.2. The highest BCUT2D eigenvalue weighted by molar-refractivity contribution is 5.30. The summed E-state index contributed by atoms with van der Waals surface area (Å²) in [6.45, 7) is 5.76. The summed E-state index contributed by atoms with van der Waals surface area (Å²) in [7, 11) is 0. The monoisotopic (exact) mass is 277 g/mol. The third-order valence-corrected chi connectivity index (χ3v) is 3.10. The van der Waals surface area contributed by atoms with Crippen molar-refractivity contribution in [3.05, 3.63) is 53.2 Å². The second-order valence-corrected chi connectivity index (χ2v) is 4.72. The molecule has 0 bridgehead atoms. The molecule has 1 N–H and O–H groups in total. The Kier molecular flexibility index (Phi) is 5.18. The van der Waals surface area contributed by atoms with Gasteiger partial charge in [-0.2, -0.15) is 0 Å². The van der Waals surface area contributed by atoms with Crippen molar-refractivity contribution in [2.45, 2.75) is 33.4 Å². The molecule has 0 radical (unpaired) electrons. The number of hydrogen-bond donors (Lipinski definition) is 1. The highest BCUT2D eigenvalue weighted by Crippen LogP contribution is 2.21. The van der Waals surface area contributed by atoms with Gasteiger partial charge in [0.15, 0.2) is 11.6 Å². The van der Waals surface area contributed by atoms with Crippen LogP contribution in [0.5, 0.6) is 5.75 Å². The molecule has 0 aliphatic heterocycles. The van der Waals surface area contributed by atoms with Crippen molar-refractivity contribution in [1.82, 2.24) is 5.32 Å². The van der Waals surface area contributed by atoms with E-state index >= 15 is 0 Å². The summed E-state index contributed by atoms with van der Waals surface area (Å²) in [5.74, 6) is 0.674. The van der Waals surface area contributed by atoms with Crippen LogP contribution in [0.4, 0.5) is 4.39 Å². The molecule has 0 aliphatic rings. The Balaban J connectivity index is 1.97. The fourth-order valence-corrected chi connectivity index (χ4v) is 1.93. The molecule has 1 aromatic carbocycles. The normalized spacial score (nSPS) is 10.8. The Hall–Kier alpha value is -1.81. The van der Waals surface area contributed by atoms with Crippen molar-refractivity contribution >= 4 is 0 Å². The van der Waals surface area contributed by atoms with Gasteiger partial charge in [-0.1, -0.05) is 19.1 Å². The molecular formula is C16H20FNO2. The van der Waals surface area contributed by atoms with E-state index in [1.54, 1.807) is 31.4 Å². The maximum atomic E-state index is 13.8. The Morgan fingerprint density at radius 1 is 1.30 bits per heavy atom. The molecule has 0 saturated heterocycles. The minimum atomic E-state index is -0.315. The van der Waals surface area contributed by atoms with Crippen LogP contribution in [-0.2, 0) is 13.2 Å². The lowest BCUT2D eigenvalue weighted by molar-refractivity contribution is 0.256. The van der Waals surface area contributed by atoms with Gasteiger partial charge in [-0.05, 0) is 37.6 Å². The topological polar surface area (TPSA) is 34.4 Å². The van der Waals surface area contributed by atoms with E-state index in [0.29, 0.717) is 5.56 Å². The fraction of sp³-hybridized carbons (Fsp3) is 0.375. The summed E-state index contributed by atoms with van der Waals surface area (Å²) in [5.41, 5.74) is 1.62. The second-order valence-electron chi connectivity index (χ2n) is 4.72. The lowest BCUT2D eigenvalue weighted by Crippen LogP contribution is -2.14. The smallest absolute Gasteiger partial charge is 0.167 e. The summed E-state index contributed by atoms with van der Waals surface area (Å²) >= 11 is 0. The van der Waals surface area contributed by atoms with E-state index in [2.05, 4.69) is 12.2 Å². The van der Waals surface area contributed by atoms with E-state index in [9.17, 15) is 4.39 Å². The molecule has 2 rings (SSSR count). The van der Waals surface area contributed by atoms with Gasteiger partial charge in [0.2, 0.25) is 0 Å². The third kappa shape index (κ3) is 3.61. The van der Waals surface area contributed by atoms with Crippen molar-refractivity contribution in [3.63, 3.8) is 0 Å². The van der Waals surface area contributed by atoms with E-state index in [1.807, 2.05) is 6.07 Å². The molecule has 108 valence electrons. The Morgan fingerprint density at radius 3 is 2.95 bits per heavy atom. The van der Waals surface area contributed by atoms with E-state index in [1.165, 1.54) is 0 Å². The van der Waals surface area contributed by atoms with Crippen molar-refractivity contribution < 1.29 is 13.5 Å². The minimum absolute atomic E-state index is 0.233. The lowest BCUT2D eigenvalue weighted by Gasteiger charge is -2.09. The molecule has 0 spiro atoms. The zero-order valence-electron chi connectivity index (χ0n) is 11.9. The first-order valence-electron chi connectivity index (χ1n) is 6.86. The average Bonchev–Trinajstić information content (AvgIpc) is 2.88. The number of rotatable bonds is 7. The molecule has 2 aromatic rings. The Labute approximate surface area is 118 Å². The number of nitrogens with one attached hydrogen (secondary N) is 1. The predicted octanol–water partition coefficient (Wildman–Crippen LogP) is 3.81. The van der Waals surface area contributed by atoms with Gasteiger partial charge in [0.25, 0.3) is 0 Å². The zero-order chi connectivity index (χ0) is 14.4. The van der Waals surface area contributed by atoms with E-state index in [-0.39, 0.29) is 18.2 Å². The molecule has 1 heterocycles. The van der Waals surface area contributed by atoms with Gasteiger partial charge in [-0.15, -0.1) is 0 Å². The summed E-state index contributed by atoms with van der Waals surface area (Å²) in [6, 6.07) is 7.03. The first kappa shape index (κ1) is 14.6. The van der Waals surface area contributed by atoms with Crippen LogP contribution < -0.4 is 10.1 Å². The van der Waals surface area contributed by atoms with Crippen molar-refractivity contribution in [2.24, 2.45) is 0 Å². The van der Waals surface area contributed by atoms with Gasteiger partial charge in [-0.25, -0.2) is 4.39 Å². The number of furan rings is 1. The molecule has 4 heteroatoms. The number of aryl methyl sites for hydroxylation is 1. The molecule has 0 aliphatic carbocycles. The second kappa shape index (κ2) is 7.10. The Bertz CT molecular complexity index is 551. The average molecular weight is 277 g/mol. The van der Waals surface area contributed by atoms with Gasteiger partial charge in [0.1, 0.15) is 12.4 Å². The number of ether oxygens (including phenoxy) is 1. The largest absolute Gasteiger partial charge is 0.483 e. The minimum Gasteiger partial charge on any atom is -0.483 e. The van der Waals surface area contributed by atoms with Gasteiger partial charge in [0, 0.05) is 12.1 Å². The SMILES string of the molecule is CCCNCc1ccoc1COc1cccc(C)c1F. The highest BCUT2D eigenvalue weighted by atomic mass is 19.1. The number of hydrogen-bond acceptors (Lipinski definition) is 3. The summed E-state index contributed by atoms with van der Waals surface area (Å²) in [5, 5.41) is 3.31. The summed E-state index contributed by atoms with van der Waals surface area (Å²) in [6.07, 6.45) is 2.71. The van der Waals surface area contributed by atoms with Gasteiger partial charge >= 0.3 is 0 Å². The van der Waals surface area contributed by atoms with Crippen LogP contribution in [0.1, 0.15) is 30.2 Å². The van der Waals surface area contributed by atoms with Crippen LogP contribution in [0.15, 0.2) is 34.9 Å². The Morgan fingerprint density at radius 2 is 2.15 bits per heavy atom. The third-order valence-electron chi connectivity index (χ3n) is 3.10. The van der Waals surface area contributed by atoms with Crippen LogP contribution in [-0.4, -0.2) is 6.54 Å². The zero-order valence-corrected chi connectivity index (χ0v) is 11.9. The molecule has 1 aromatic heterocycles. The quantitative estimate of drug-likeness (QED) is 0.782. The molecule has 20 heavy (non-hydrogen) atoms. The van der Waals surface area contributed by atoms with Crippen LogP contribution in [0.2, 0.25) is 0 Å². The highest BCUT2D eigenvalue weighted by Gasteiger charge is 2.10. The van der Waals surface area contributed by atoms with Crippen molar-refractivity contribution in [3.8, 4) is 5.75 Å². The maximum absolute atomic E-state index is 13.8. The van der Waals surface area contributed by atoms with Gasteiger partial charge < -0.3 is 14.5 Å². The fourth-order valence-electron chi connectivity index (χ4n) is 1.93. The van der Waals surface area contributed by atoms with Crippen molar-refractivity contribution in [1.29, 1.82) is 0 Å². The molecule has 0 fully saturated rings. The molecular weight excluding hydrogens is 257 g/mol. The maximum Gasteiger partial charge on any atom is 0.167 e. The van der Waals surface area contributed by atoms with Crippen LogP contribution in [0, 0.1) is 12.7 Å². The molecule has 3 nitrogen and oxygen atoms in total. The van der Waals surface area contributed by atoms with Crippen LogP contribution in [0.3, 0.4) is 0 Å². The predicted molar refractivity (Wildman–Crippen MR) is 76.2 cm³/mol. The van der Waals surface area contributed by atoms with E-state index in [4.69, 9.17) is 9.15 Å². The molecule has 0 atom stereocenters. The summed E-state index contributed by atoms with van der Waals surface area (Å²) in [4.78, 5) is 0. The number of benzene rings is 1. The van der Waals surface area contributed by atoms with E-state index in [0.717, 1.165) is 30.8 Å². The van der Waals surface area contributed by atoms with E-state index < -0.39 is 0 Å². The molecule has 0 unspecified atom stereocenters. The van der Waals surface area contributed by atoms with Gasteiger partial charge in [0.05, 0.1) is 6.26 Å². The standard InChI is InChI=1S/C16H20FNO2/c1-3-8-18-10-13-7-9-19-15(13)11-20-14-6-4-5-12(2)16(14)17/h4-7,9,18H,3,8,10-11H2,1-2H3. The molecule has 0 saturated carbocycles. The van der Waals surface area contributed by atoms with Crippen molar-refractivity contribution in [2.75, 3.05) is 6.54 Å². The molecule has 0 amide bonds. The van der Waals surface area contributed by atoms with Gasteiger partial charge in [-0.3, -0.25) is 0 Å². The number of halogens is 1. The van der Waals surface area contributed by atoms with Crippen LogP contribution in [0.25, 0.3) is 0 Å². The first-order chi connectivity index (χ1) is 9.72.